The van der Waals surface area contributed by atoms with Crippen molar-refractivity contribution in [2.45, 2.75) is 167 Å². The van der Waals surface area contributed by atoms with Gasteiger partial charge in [-0.15, -0.1) is 0 Å². The lowest BCUT2D eigenvalue weighted by Crippen LogP contribution is -2.25. The molecule has 0 rings (SSSR count). The maximum absolute atomic E-state index is 12.3. The number of phosphoric ester groups is 1. The molecule has 0 radical (unpaired) electrons. The van der Waals surface area contributed by atoms with Crippen LogP contribution >= 0.6 is 7.82 Å². The minimum Gasteiger partial charge on any atom is -0.492 e. The Kier molecular flexibility index (Phi) is 36.3. The first kappa shape index (κ1) is 49.0. The third kappa shape index (κ3) is 37.6. The molecule has 0 aliphatic heterocycles. The third-order valence-corrected chi connectivity index (χ3v) is 9.09. The molecule has 0 aliphatic carbocycles. The van der Waals surface area contributed by atoms with E-state index in [2.05, 4.69) is 19.9 Å². The summed E-state index contributed by atoms with van der Waals surface area (Å²) in [5, 5.41) is 10.0. The standard InChI is InChI=1S/C41H74NO8P/c1-3-5-7-9-11-12-13-14-15-16-17-22-26-30-35-47-40(38-50-51(45,46)49-36-34-42)37-48-41(44)33-29-25-21-18-20-24-28-32-39(43)31-27-23-19-10-8-6-4-2/h18-19,21,23-24,27-28,30-31,35,39-40,43H,3-17,20,22,25-26,29,32-34,36-38,42H2,1-2H3,(H,45,46)/b21-18+,23-19-,28-24-,31-27-,35-30+/t39-,40-/m1/s1. The van der Waals surface area contributed by atoms with E-state index in [1.54, 1.807) is 12.3 Å². The Morgan fingerprint density at radius 3 is 1.98 bits per heavy atom. The average molecular weight is 740 g/mol. The molecule has 0 aromatic heterocycles. The Hall–Kier alpha value is -2.00. The smallest absolute Gasteiger partial charge is 0.472 e. The lowest BCUT2D eigenvalue weighted by molar-refractivity contribution is -0.147. The summed E-state index contributed by atoms with van der Waals surface area (Å²) in [5.74, 6) is -0.373. The normalized spacial score (nSPS) is 14.8. The number of allylic oxidation sites excluding steroid dienone is 7. The van der Waals surface area contributed by atoms with Crippen LogP contribution in [0.3, 0.4) is 0 Å². The fraction of sp³-hybridized carbons (Fsp3) is 0.732. The molecule has 0 fully saturated rings. The van der Waals surface area contributed by atoms with Crippen molar-refractivity contribution >= 4 is 13.8 Å². The van der Waals surface area contributed by atoms with Crippen LogP contribution < -0.4 is 5.73 Å². The second-order valence-electron chi connectivity index (χ2n) is 13.1. The summed E-state index contributed by atoms with van der Waals surface area (Å²) in [4.78, 5) is 22.2. The van der Waals surface area contributed by atoms with Crippen molar-refractivity contribution in [3.8, 4) is 0 Å². The van der Waals surface area contributed by atoms with Gasteiger partial charge in [0.25, 0.3) is 0 Å². The van der Waals surface area contributed by atoms with Crippen molar-refractivity contribution in [1.82, 2.24) is 0 Å². The molecule has 0 heterocycles. The molecule has 4 N–H and O–H groups in total. The first-order chi connectivity index (χ1) is 24.8. The molecule has 0 aromatic rings. The van der Waals surface area contributed by atoms with Crippen LogP contribution in [-0.4, -0.2) is 54.5 Å². The summed E-state index contributed by atoms with van der Waals surface area (Å²) in [6.07, 6.45) is 42.2. The minimum absolute atomic E-state index is 0.0821. The number of ether oxygens (including phenoxy) is 2. The SMILES string of the molecule is CCCCC/C=C\C=C/[C@@H](O)C/C=C\C/C=C/CCCC(=O)OC[C@H](COP(=O)(O)OCCN)O/C=C/CCCCCCCCCCCCCC. The van der Waals surface area contributed by atoms with Gasteiger partial charge in [0, 0.05) is 13.0 Å². The predicted octanol–water partition coefficient (Wildman–Crippen LogP) is 10.7. The highest BCUT2D eigenvalue weighted by atomic mass is 31.2. The van der Waals surface area contributed by atoms with E-state index in [0.29, 0.717) is 12.8 Å². The molecule has 0 saturated carbocycles. The van der Waals surface area contributed by atoms with Gasteiger partial charge < -0.3 is 25.2 Å². The van der Waals surface area contributed by atoms with Crippen molar-refractivity contribution in [3.63, 3.8) is 0 Å². The zero-order valence-corrected chi connectivity index (χ0v) is 33.1. The number of hydrogen-bond acceptors (Lipinski definition) is 8. The van der Waals surface area contributed by atoms with Gasteiger partial charge in [-0.2, -0.15) is 0 Å². The largest absolute Gasteiger partial charge is 0.492 e. The first-order valence-corrected chi connectivity index (χ1v) is 21.4. The molecule has 0 aliphatic rings. The minimum atomic E-state index is -4.29. The van der Waals surface area contributed by atoms with Crippen molar-refractivity contribution < 1.29 is 37.9 Å². The molecule has 0 aromatic carbocycles. The van der Waals surface area contributed by atoms with Gasteiger partial charge in [0.05, 0.1) is 25.6 Å². The van der Waals surface area contributed by atoms with E-state index in [1.165, 1.54) is 89.9 Å². The number of esters is 1. The molecule has 9 nitrogen and oxygen atoms in total. The highest BCUT2D eigenvalue weighted by Crippen LogP contribution is 2.43. The van der Waals surface area contributed by atoms with Crippen molar-refractivity contribution in [1.29, 1.82) is 0 Å². The van der Waals surface area contributed by atoms with Crippen LogP contribution in [0.1, 0.15) is 155 Å². The summed E-state index contributed by atoms with van der Waals surface area (Å²) < 4.78 is 33.0. The second-order valence-corrected chi connectivity index (χ2v) is 14.5. The third-order valence-electron chi connectivity index (χ3n) is 8.11. The number of unbranched alkanes of at least 4 members (excludes halogenated alkanes) is 16. The van der Waals surface area contributed by atoms with Crippen LogP contribution in [0.5, 0.6) is 0 Å². The summed E-state index contributed by atoms with van der Waals surface area (Å²) >= 11 is 0. The number of nitrogens with two attached hydrogens (primary N) is 1. The Morgan fingerprint density at radius 2 is 1.29 bits per heavy atom. The summed E-state index contributed by atoms with van der Waals surface area (Å²) in [6.45, 7) is 4.01. The van der Waals surface area contributed by atoms with Gasteiger partial charge in [-0.1, -0.05) is 146 Å². The Bertz CT molecular complexity index is 981. The lowest BCUT2D eigenvalue weighted by atomic mass is 10.0. The maximum Gasteiger partial charge on any atom is 0.472 e. The van der Waals surface area contributed by atoms with Crippen LogP contribution in [0.25, 0.3) is 0 Å². The van der Waals surface area contributed by atoms with Crippen molar-refractivity contribution in [2.75, 3.05) is 26.4 Å². The van der Waals surface area contributed by atoms with Crippen LogP contribution in [-0.2, 0) is 27.9 Å². The number of phosphoric acid groups is 1. The van der Waals surface area contributed by atoms with Crippen LogP contribution in [0.15, 0.2) is 60.9 Å². The molecule has 0 amide bonds. The zero-order chi connectivity index (χ0) is 37.5. The maximum atomic E-state index is 12.3. The summed E-state index contributed by atoms with van der Waals surface area (Å²) in [6, 6.07) is 0. The zero-order valence-electron chi connectivity index (χ0n) is 32.2. The van der Waals surface area contributed by atoms with E-state index in [0.717, 1.165) is 32.1 Å². The molecule has 0 saturated heterocycles. The second kappa shape index (κ2) is 37.7. The van der Waals surface area contributed by atoms with Crippen LogP contribution in [0.2, 0.25) is 0 Å². The van der Waals surface area contributed by atoms with Gasteiger partial charge in [0.2, 0.25) is 0 Å². The topological polar surface area (TPSA) is 138 Å². The fourth-order valence-corrected chi connectivity index (χ4v) is 5.82. The first-order valence-electron chi connectivity index (χ1n) is 19.9. The molecular formula is C41H74NO8P. The molecular weight excluding hydrogens is 665 g/mol. The predicted molar refractivity (Wildman–Crippen MR) is 211 cm³/mol. The van der Waals surface area contributed by atoms with Crippen molar-refractivity contribution in [2.24, 2.45) is 5.73 Å². The number of rotatable bonds is 37. The van der Waals surface area contributed by atoms with E-state index in [4.69, 9.17) is 24.3 Å². The number of carbonyl (C=O) groups excluding carboxylic acids is 1. The lowest BCUT2D eigenvalue weighted by Gasteiger charge is -2.19. The van der Waals surface area contributed by atoms with Crippen LogP contribution in [0.4, 0.5) is 0 Å². The monoisotopic (exact) mass is 740 g/mol. The average Bonchev–Trinajstić information content (AvgIpc) is 3.12. The molecule has 10 heteroatoms. The molecule has 0 spiro atoms. The van der Waals surface area contributed by atoms with Gasteiger partial charge in [-0.3, -0.25) is 13.8 Å². The van der Waals surface area contributed by atoms with E-state index in [-0.39, 0.29) is 38.8 Å². The molecule has 51 heavy (non-hydrogen) atoms. The van der Waals surface area contributed by atoms with E-state index in [1.807, 2.05) is 42.5 Å². The Balaban J connectivity index is 4.29. The van der Waals surface area contributed by atoms with Gasteiger partial charge in [-0.25, -0.2) is 4.57 Å². The van der Waals surface area contributed by atoms with E-state index < -0.39 is 20.0 Å². The van der Waals surface area contributed by atoms with Crippen molar-refractivity contribution in [3.05, 3.63) is 60.9 Å². The van der Waals surface area contributed by atoms with E-state index in [9.17, 15) is 19.4 Å². The van der Waals surface area contributed by atoms with Gasteiger partial charge in [-0.05, 0) is 57.4 Å². The number of hydrogen-bond donors (Lipinski definition) is 3. The molecule has 3 atom stereocenters. The number of aliphatic hydroxyl groups excluding tert-OH is 1. The number of carbonyl (C=O) groups is 1. The summed E-state index contributed by atoms with van der Waals surface area (Å²) in [7, 11) is -4.29. The summed E-state index contributed by atoms with van der Waals surface area (Å²) in [5.41, 5.74) is 5.35. The van der Waals surface area contributed by atoms with Crippen LogP contribution in [0, 0.1) is 0 Å². The molecule has 296 valence electrons. The highest BCUT2D eigenvalue weighted by molar-refractivity contribution is 7.47. The Labute approximate surface area is 311 Å². The molecule has 0 bridgehead atoms. The number of aliphatic hydroxyl groups is 1. The quantitative estimate of drug-likeness (QED) is 0.0142. The Morgan fingerprint density at radius 1 is 0.706 bits per heavy atom. The van der Waals surface area contributed by atoms with Gasteiger partial charge in [0.1, 0.15) is 6.61 Å². The fourth-order valence-electron chi connectivity index (χ4n) is 5.05. The highest BCUT2D eigenvalue weighted by Gasteiger charge is 2.24. The van der Waals surface area contributed by atoms with Gasteiger partial charge in [0.15, 0.2) is 6.10 Å². The van der Waals surface area contributed by atoms with E-state index >= 15 is 0 Å². The van der Waals surface area contributed by atoms with Gasteiger partial charge >= 0.3 is 13.8 Å². The molecule has 1 unspecified atom stereocenters.